The van der Waals surface area contributed by atoms with E-state index >= 15 is 0 Å². The molecular formula is C14H18N6O2. The first-order valence-electron chi connectivity index (χ1n) is 6.99. The Hall–Kier alpha value is -2.48. The summed E-state index contributed by atoms with van der Waals surface area (Å²) in [7, 11) is 3.67. The van der Waals surface area contributed by atoms with Crippen molar-refractivity contribution in [3.63, 3.8) is 0 Å². The molecule has 1 aromatic heterocycles. The molecule has 8 nitrogen and oxygen atoms in total. The molecule has 0 amide bonds. The van der Waals surface area contributed by atoms with Gasteiger partial charge in [-0.3, -0.25) is 9.69 Å². The number of ether oxygens (including phenoxy) is 2. The normalized spacial score (nSPS) is 17.2. The minimum Gasteiger partial charge on any atom is -0.471 e. The molecule has 1 atom stereocenters. The van der Waals surface area contributed by atoms with Crippen LogP contribution in [0.25, 0.3) is 0 Å². The van der Waals surface area contributed by atoms with Gasteiger partial charge < -0.3 is 9.47 Å². The number of benzene rings is 1. The molecule has 116 valence electrons. The summed E-state index contributed by atoms with van der Waals surface area (Å²) in [5, 5.41) is 17.4. The zero-order valence-electron chi connectivity index (χ0n) is 12.6. The molecule has 0 N–H and O–H groups in total. The fourth-order valence-electron chi connectivity index (χ4n) is 2.08. The van der Waals surface area contributed by atoms with Crippen molar-refractivity contribution >= 4 is 0 Å². The van der Waals surface area contributed by atoms with Crippen LogP contribution >= 0.6 is 0 Å². The van der Waals surface area contributed by atoms with E-state index < -0.39 is 0 Å². The summed E-state index contributed by atoms with van der Waals surface area (Å²) in [6.45, 7) is 1.63. The lowest BCUT2D eigenvalue weighted by Crippen LogP contribution is -2.19. The van der Waals surface area contributed by atoms with E-state index in [0.717, 1.165) is 11.1 Å². The molecule has 22 heavy (non-hydrogen) atoms. The first-order chi connectivity index (χ1) is 10.7. The maximum Gasteiger partial charge on any atom is 0.253 e. The number of aryl methyl sites for hydroxylation is 1. The van der Waals surface area contributed by atoms with Crippen molar-refractivity contribution in [2.24, 2.45) is 17.4 Å². The highest BCUT2D eigenvalue weighted by molar-refractivity contribution is 5.23. The Morgan fingerprint density at radius 2 is 2.05 bits per heavy atom. The summed E-state index contributed by atoms with van der Waals surface area (Å²) in [6, 6.07) is 8.05. The van der Waals surface area contributed by atoms with Gasteiger partial charge in [0, 0.05) is 14.1 Å². The Bertz CT molecular complexity index is 656. The molecule has 0 saturated carbocycles. The fourth-order valence-corrected chi connectivity index (χ4v) is 2.08. The van der Waals surface area contributed by atoms with Gasteiger partial charge in [-0.1, -0.05) is 39.8 Å². The lowest BCUT2D eigenvalue weighted by Gasteiger charge is -2.10. The van der Waals surface area contributed by atoms with E-state index in [-0.39, 0.29) is 6.23 Å². The monoisotopic (exact) mass is 302 g/mol. The largest absolute Gasteiger partial charge is 0.471 e. The maximum atomic E-state index is 5.71. The predicted molar refractivity (Wildman–Crippen MR) is 77.8 cm³/mol. The molecule has 3 rings (SSSR count). The van der Waals surface area contributed by atoms with Gasteiger partial charge in [-0.25, -0.2) is 0 Å². The molecular weight excluding hydrogens is 284 g/mol. The number of rotatable bonds is 6. The second-order valence-corrected chi connectivity index (χ2v) is 5.15. The average Bonchev–Trinajstić information content (AvgIpc) is 3.12. The Balaban J connectivity index is 1.52. The molecule has 2 heterocycles. The molecule has 0 aliphatic carbocycles. The molecule has 0 radical (unpaired) electrons. The van der Waals surface area contributed by atoms with E-state index in [1.807, 2.05) is 31.3 Å². The van der Waals surface area contributed by atoms with Crippen molar-refractivity contribution in [1.29, 1.82) is 0 Å². The van der Waals surface area contributed by atoms with Crippen molar-refractivity contribution in [2.45, 2.75) is 19.4 Å². The summed E-state index contributed by atoms with van der Waals surface area (Å²) >= 11 is 0. The number of hydrogen-bond donors (Lipinski definition) is 0. The molecule has 1 aliphatic heterocycles. The molecule has 1 unspecified atom stereocenters. The highest BCUT2D eigenvalue weighted by Gasteiger charge is 2.16. The summed E-state index contributed by atoms with van der Waals surface area (Å²) < 4.78 is 12.9. The lowest BCUT2D eigenvalue weighted by molar-refractivity contribution is 0.0460. The molecule has 1 aromatic carbocycles. The van der Waals surface area contributed by atoms with Gasteiger partial charge in [0.15, 0.2) is 6.23 Å². The quantitative estimate of drug-likeness (QED) is 0.809. The van der Waals surface area contributed by atoms with E-state index in [9.17, 15) is 0 Å². The highest BCUT2D eigenvalue weighted by Crippen LogP contribution is 2.13. The van der Waals surface area contributed by atoms with Crippen molar-refractivity contribution in [2.75, 3.05) is 13.6 Å². The van der Waals surface area contributed by atoms with Crippen LogP contribution in [0.1, 0.15) is 11.1 Å². The summed E-state index contributed by atoms with van der Waals surface area (Å²) in [6.07, 6.45) is 1.54. The van der Waals surface area contributed by atoms with E-state index in [0.29, 0.717) is 25.6 Å². The summed E-state index contributed by atoms with van der Waals surface area (Å²) in [5.41, 5.74) is 2.13. The van der Waals surface area contributed by atoms with Crippen LogP contribution in [0.4, 0.5) is 0 Å². The van der Waals surface area contributed by atoms with Crippen LogP contribution in [0.5, 0.6) is 5.88 Å². The molecule has 1 aliphatic rings. The van der Waals surface area contributed by atoms with Crippen LogP contribution in [0.3, 0.4) is 0 Å². The van der Waals surface area contributed by atoms with Crippen molar-refractivity contribution in [3.05, 3.63) is 41.6 Å². The third-order valence-electron chi connectivity index (χ3n) is 3.16. The SMILES string of the molecule is CN1CC(OCc2cccc(COc3cn(C)nn3)c2)N=N1. The standard InChI is InChI=1S/C14H18N6O2/c1-19-7-13(15-17-19)21-9-11-4-3-5-12(6-11)10-22-14-8-20(2)18-16-14/h3-7,14H,8-10H2,1-2H3. The van der Waals surface area contributed by atoms with Gasteiger partial charge in [0.1, 0.15) is 6.61 Å². The van der Waals surface area contributed by atoms with Gasteiger partial charge in [-0.15, -0.1) is 5.11 Å². The smallest absolute Gasteiger partial charge is 0.253 e. The fraction of sp³-hybridized carbons (Fsp3) is 0.429. The number of aromatic nitrogens is 3. The summed E-state index contributed by atoms with van der Waals surface area (Å²) in [4.78, 5) is 0. The Morgan fingerprint density at radius 1 is 1.23 bits per heavy atom. The van der Waals surface area contributed by atoms with Gasteiger partial charge in [0.2, 0.25) is 0 Å². The Morgan fingerprint density at radius 3 is 2.73 bits per heavy atom. The number of likely N-dealkylation sites (N-methyl/N-ethyl adjacent to an activating group) is 1. The lowest BCUT2D eigenvalue weighted by atomic mass is 10.1. The van der Waals surface area contributed by atoms with Crippen LogP contribution in [0.15, 0.2) is 40.8 Å². The first-order valence-corrected chi connectivity index (χ1v) is 6.99. The van der Waals surface area contributed by atoms with Crippen LogP contribution in [0.2, 0.25) is 0 Å². The van der Waals surface area contributed by atoms with Gasteiger partial charge in [-0.2, -0.15) is 0 Å². The van der Waals surface area contributed by atoms with Gasteiger partial charge in [-0.05, 0) is 11.1 Å². The third-order valence-corrected chi connectivity index (χ3v) is 3.16. The summed E-state index contributed by atoms with van der Waals surface area (Å²) in [5.74, 6) is 0.513. The Kier molecular flexibility index (Phi) is 4.29. The molecule has 0 fully saturated rings. The minimum atomic E-state index is -0.190. The number of nitrogens with zero attached hydrogens (tertiary/aromatic N) is 6. The second-order valence-electron chi connectivity index (χ2n) is 5.15. The topological polar surface area (TPSA) is 77.1 Å². The molecule has 0 bridgehead atoms. The van der Waals surface area contributed by atoms with E-state index in [1.54, 1.807) is 22.9 Å². The molecule has 8 heteroatoms. The molecule has 0 spiro atoms. The predicted octanol–water partition coefficient (Wildman–Crippen LogP) is 1.55. The molecule has 0 saturated heterocycles. The Labute approximate surface area is 128 Å². The van der Waals surface area contributed by atoms with E-state index in [1.165, 1.54) is 0 Å². The van der Waals surface area contributed by atoms with Gasteiger partial charge in [0.05, 0.1) is 19.3 Å². The minimum absolute atomic E-state index is 0.190. The maximum absolute atomic E-state index is 5.71. The van der Waals surface area contributed by atoms with Crippen LogP contribution in [0, 0.1) is 0 Å². The van der Waals surface area contributed by atoms with E-state index in [4.69, 9.17) is 9.47 Å². The van der Waals surface area contributed by atoms with Crippen LogP contribution in [-0.2, 0) is 25.0 Å². The zero-order valence-corrected chi connectivity index (χ0v) is 12.6. The van der Waals surface area contributed by atoms with Gasteiger partial charge >= 0.3 is 0 Å². The highest BCUT2D eigenvalue weighted by atomic mass is 16.5. The van der Waals surface area contributed by atoms with Crippen molar-refractivity contribution in [1.82, 2.24) is 20.0 Å². The number of hydrogen-bond acceptors (Lipinski definition) is 7. The van der Waals surface area contributed by atoms with Crippen LogP contribution in [-0.4, -0.2) is 39.8 Å². The second kappa shape index (κ2) is 6.52. The van der Waals surface area contributed by atoms with Crippen molar-refractivity contribution < 1.29 is 9.47 Å². The van der Waals surface area contributed by atoms with E-state index in [2.05, 4.69) is 20.6 Å². The van der Waals surface area contributed by atoms with Gasteiger partial charge in [0.25, 0.3) is 5.88 Å². The third kappa shape index (κ3) is 3.79. The zero-order chi connectivity index (χ0) is 15.4. The van der Waals surface area contributed by atoms with Crippen molar-refractivity contribution in [3.8, 4) is 5.88 Å². The first kappa shape index (κ1) is 14.5. The van der Waals surface area contributed by atoms with Crippen LogP contribution < -0.4 is 4.74 Å². The average molecular weight is 302 g/mol. The molecule has 2 aromatic rings.